The van der Waals surface area contributed by atoms with Crippen LogP contribution in [0.5, 0.6) is 0 Å². The molecule has 4 heteroatoms. The second-order valence-corrected chi connectivity index (χ2v) is 4.67. The Morgan fingerprint density at radius 1 is 1.56 bits per heavy atom. The summed E-state index contributed by atoms with van der Waals surface area (Å²) < 4.78 is 5.50. The lowest BCUT2D eigenvalue weighted by atomic mass is 10.1. The molecule has 2 rings (SSSR count). The Labute approximate surface area is 108 Å². The van der Waals surface area contributed by atoms with Crippen LogP contribution in [-0.4, -0.2) is 31.7 Å². The third-order valence-corrected chi connectivity index (χ3v) is 2.99. The number of hydrogen-bond acceptors (Lipinski definition) is 3. The molecule has 1 fully saturated rings. The van der Waals surface area contributed by atoms with Crippen molar-refractivity contribution in [2.45, 2.75) is 26.0 Å². The van der Waals surface area contributed by atoms with Gasteiger partial charge in [-0.25, -0.2) is 0 Å². The third-order valence-electron chi connectivity index (χ3n) is 2.99. The number of aryl methyl sites for hydroxylation is 1. The van der Waals surface area contributed by atoms with Gasteiger partial charge in [-0.3, -0.25) is 4.79 Å². The fourth-order valence-electron chi connectivity index (χ4n) is 2.05. The Hall–Kier alpha value is -1.39. The van der Waals surface area contributed by atoms with E-state index >= 15 is 0 Å². The number of rotatable bonds is 4. The number of hydrogen-bond donors (Lipinski definition) is 2. The van der Waals surface area contributed by atoms with Gasteiger partial charge in [0.05, 0.1) is 19.1 Å². The van der Waals surface area contributed by atoms with Crippen molar-refractivity contribution in [3.05, 3.63) is 35.4 Å². The Bertz CT molecular complexity index is 401. The van der Waals surface area contributed by atoms with Crippen molar-refractivity contribution in [2.75, 3.05) is 19.7 Å². The van der Waals surface area contributed by atoms with Crippen molar-refractivity contribution in [3.8, 4) is 0 Å². The van der Waals surface area contributed by atoms with E-state index in [0.717, 1.165) is 18.7 Å². The summed E-state index contributed by atoms with van der Waals surface area (Å²) in [6.45, 7) is 4.96. The molecular weight excluding hydrogens is 228 g/mol. The van der Waals surface area contributed by atoms with Gasteiger partial charge in [0.15, 0.2) is 0 Å². The topological polar surface area (TPSA) is 50.4 Å². The molecule has 1 saturated heterocycles. The monoisotopic (exact) mass is 248 g/mol. The largest absolute Gasteiger partial charge is 0.375 e. The van der Waals surface area contributed by atoms with Gasteiger partial charge >= 0.3 is 0 Å². The summed E-state index contributed by atoms with van der Waals surface area (Å²) in [5.41, 5.74) is 2.34. The number of benzene rings is 1. The Morgan fingerprint density at radius 3 is 3.17 bits per heavy atom. The molecule has 0 radical (unpaired) electrons. The Kier molecular flexibility index (Phi) is 4.73. The molecule has 0 aromatic heterocycles. The predicted octanol–water partition coefficient (Wildman–Crippen LogP) is 0.990. The molecule has 4 nitrogen and oxygen atoms in total. The molecule has 0 aliphatic carbocycles. The zero-order valence-electron chi connectivity index (χ0n) is 10.7. The second-order valence-electron chi connectivity index (χ2n) is 4.67. The smallest absolute Gasteiger partial charge is 0.222 e. The van der Waals surface area contributed by atoms with Gasteiger partial charge in [0, 0.05) is 19.6 Å². The van der Waals surface area contributed by atoms with Crippen molar-refractivity contribution in [1.29, 1.82) is 0 Å². The van der Waals surface area contributed by atoms with Gasteiger partial charge in [-0.2, -0.15) is 0 Å². The average Bonchev–Trinajstić information content (AvgIpc) is 2.38. The molecule has 1 amide bonds. The molecule has 18 heavy (non-hydrogen) atoms. The van der Waals surface area contributed by atoms with Gasteiger partial charge in [0.2, 0.25) is 5.91 Å². The highest BCUT2D eigenvalue weighted by Crippen LogP contribution is 2.05. The van der Waals surface area contributed by atoms with Crippen LogP contribution >= 0.6 is 0 Å². The molecule has 2 N–H and O–H groups in total. The number of ether oxygens (including phenoxy) is 1. The van der Waals surface area contributed by atoms with E-state index < -0.39 is 0 Å². The molecule has 0 saturated carbocycles. The number of nitrogens with one attached hydrogen (secondary N) is 2. The zero-order valence-corrected chi connectivity index (χ0v) is 10.7. The third kappa shape index (κ3) is 4.13. The molecule has 1 aromatic carbocycles. The minimum atomic E-state index is 0.0104. The first kappa shape index (κ1) is 13.1. The maximum absolute atomic E-state index is 11.8. The molecule has 1 unspecified atom stereocenters. The van der Waals surface area contributed by atoms with Gasteiger partial charge in [0.1, 0.15) is 0 Å². The van der Waals surface area contributed by atoms with Gasteiger partial charge in [-0.1, -0.05) is 29.8 Å². The fourth-order valence-corrected chi connectivity index (χ4v) is 2.05. The van der Waals surface area contributed by atoms with Crippen LogP contribution in [0.2, 0.25) is 0 Å². The highest BCUT2D eigenvalue weighted by atomic mass is 16.5. The summed E-state index contributed by atoms with van der Waals surface area (Å²) >= 11 is 0. The normalized spacial score (nSPS) is 19.5. The highest BCUT2D eigenvalue weighted by Gasteiger charge is 2.16. The summed E-state index contributed by atoms with van der Waals surface area (Å²) in [6.07, 6.45) is 0.440. The highest BCUT2D eigenvalue weighted by molar-refractivity contribution is 5.76. The fraction of sp³-hybridized carbons (Fsp3) is 0.500. The van der Waals surface area contributed by atoms with Crippen LogP contribution in [0.25, 0.3) is 0 Å². The molecule has 1 aliphatic heterocycles. The number of carbonyl (C=O) groups is 1. The number of morpholine rings is 1. The number of carbonyl (C=O) groups excluding carboxylic acids is 1. The minimum absolute atomic E-state index is 0.0104. The summed E-state index contributed by atoms with van der Waals surface area (Å²) in [4.78, 5) is 11.8. The van der Waals surface area contributed by atoms with Crippen molar-refractivity contribution >= 4 is 5.91 Å². The lowest BCUT2D eigenvalue weighted by Crippen LogP contribution is -2.41. The number of amides is 1. The summed E-state index contributed by atoms with van der Waals surface area (Å²) in [6, 6.07) is 8.16. The molecule has 98 valence electrons. The van der Waals surface area contributed by atoms with E-state index in [9.17, 15) is 4.79 Å². The molecular formula is C14H20N2O2. The molecule has 1 aliphatic rings. The minimum Gasteiger partial charge on any atom is -0.375 e. The Morgan fingerprint density at radius 2 is 2.44 bits per heavy atom. The summed E-state index contributed by atoms with van der Waals surface area (Å²) in [5.74, 6) is 0.0465. The zero-order chi connectivity index (χ0) is 12.8. The van der Waals surface area contributed by atoms with Crippen molar-refractivity contribution < 1.29 is 9.53 Å². The van der Waals surface area contributed by atoms with E-state index in [1.165, 1.54) is 5.56 Å². The molecule has 1 aromatic rings. The van der Waals surface area contributed by atoms with E-state index in [-0.39, 0.29) is 12.0 Å². The molecule has 1 heterocycles. The van der Waals surface area contributed by atoms with Crippen molar-refractivity contribution in [3.63, 3.8) is 0 Å². The van der Waals surface area contributed by atoms with E-state index in [1.54, 1.807) is 0 Å². The van der Waals surface area contributed by atoms with Crippen molar-refractivity contribution in [1.82, 2.24) is 10.6 Å². The van der Waals surface area contributed by atoms with Crippen LogP contribution in [0.1, 0.15) is 17.5 Å². The summed E-state index contributed by atoms with van der Waals surface area (Å²) in [5, 5.41) is 6.14. The van der Waals surface area contributed by atoms with Gasteiger partial charge in [0.25, 0.3) is 0 Å². The maximum Gasteiger partial charge on any atom is 0.222 e. The SMILES string of the molecule is Cc1cccc(CNC(=O)CC2CNCCO2)c1. The van der Waals surface area contributed by atoms with E-state index in [1.807, 2.05) is 25.1 Å². The molecule has 1 atom stereocenters. The molecule has 0 bridgehead atoms. The maximum atomic E-state index is 11.8. The van der Waals surface area contributed by atoms with Crippen LogP contribution in [0.3, 0.4) is 0 Å². The second kappa shape index (κ2) is 6.52. The quantitative estimate of drug-likeness (QED) is 0.835. The first-order valence-corrected chi connectivity index (χ1v) is 6.38. The van der Waals surface area contributed by atoms with Gasteiger partial charge < -0.3 is 15.4 Å². The van der Waals surface area contributed by atoms with Gasteiger partial charge in [-0.15, -0.1) is 0 Å². The van der Waals surface area contributed by atoms with Crippen molar-refractivity contribution in [2.24, 2.45) is 0 Å². The van der Waals surface area contributed by atoms with Crippen LogP contribution < -0.4 is 10.6 Å². The first-order valence-electron chi connectivity index (χ1n) is 6.38. The van der Waals surface area contributed by atoms with Gasteiger partial charge in [-0.05, 0) is 12.5 Å². The van der Waals surface area contributed by atoms with E-state index in [0.29, 0.717) is 19.6 Å². The lowest BCUT2D eigenvalue weighted by molar-refractivity contribution is -0.124. The average molecular weight is 248 g/mol. The van der Waals surface area contributed by atoms with E-state index in [2.05, 4.69) is 16.7 Å². The predicted molar refractivity (Wildman–Crippen MR) is 70.3 cm³/mol. The van der Waals surface area contributed by atoms with Crippen LogP contribution in [0.15, 0.2) is 24.3 Å². The van der Waals surface area contributed by atoms with Crippen LogP contribution in [0.4, 0.5) is 0 Å². The van der Waals surface area contributed by atoms with E-state index in [4.69, 9.17) is 4.74 Å². The Balaban J connectivity index is 1.74. The standard InChI is InChI=1S/C14H20N2O2/c1-11-3-2-4-12(7-11)9-16-14(17)8-13-10-15-5-6-18-13/h2-4,7,13,15H,5-6,8-10H2,1H3,(H,16,17). The molecule has 0 spiro atoms. The lowest BCUT2D eigenvalue weighted by Gasteiger charge is -2.23. The van der Waals surface area contributed by atoms with Crippen LogP contribution in [-0.2, 0) is 16.1 Å². The van der Waals surface area contributed by atoms with Crippen LogP contribution in [0, 0.1) is 6.92 Å². The first-order chi connectivity index (χ1) is 8.74. The summed E-state index contributed by atoms with van der Waals surface area (Å²) in [7, 11) is 0.